The normalized spacial score (nSPS) is 18.0. The van der Waals surface area contributed by atoms with Crippen LogP contribution in [0.1, 0.15) is 82.4 Å². The number of nitrogens with one attached hydrogen (secondary N) is 1. The molecule has 2 aromatic carbocycles. The molecule has 8 nitrogen and oxygen atoms in total. The van der Waals surface area contributed by atoms with E-state index in [4.69, 9.17) is 10.2 Å². The number of nitriles is 1. The third-order valence-electron chi connectivity index (χ3n) is 8.50. The van der Waals surface area contributed by atoms with Gasteiger partial charge in [-0.15, -0.1) is 0 Å². The van der Waals surface area contributed by atoms with Crippen molar-refractivity contribution in [3.8, 4) is 17.5 Å². The Bertz CT molecular complexity index is 1410. The lowest BCUT2D eigenvalue weighted by molar-refractivity contribution is 0.0713. The Morgan fingerprint density at radius 1 is 0.974 bits per heavy atom. The van der Waals surface area contributed by atoms with Crippen LogP contribution in [0.25, 0.3) is 11.4 Å². The summed E-state index contributed by atoms with van der Waals surface area (Å²) in [6, 6.07) is 16.0. The molecular weight excluding hydrogens is 478 g/mol. The molecule has 194 valence electrons. The van der Waals surface area contributed by atoms with Crippen molar-refractivity contribution in [2.24, 2.45) is 0 Å². The molecule has 3 aromatic rings. The lowest BCUT2D eigenvalue weighted by atomic mass is 9.77. The number of rotatable bonds is 4. The molecule has 1 aromatic heterocycles. The second kappa shape index (κ2) is 9.97. The van der Waals surface area contributed by atoms with Crippen LogP contribution < -0.4 is 0 Å². The summed E-state index contributed by atoms with van der Waals surface area (Å²) in [4.78, 5) is 36.6. The summed E-state index contributed by atoms with van der Waals surface area (Å²) in [5.74, 6) is 1.63. The number of carbonyl (C=O) groups excluding carboxylic acids is 1. The molecule has 3 heterocycles. The molecule has 2 aliphatic heterocycles. The number of benzene rings is 2. The SMILES string of the molecule is N#Cc1ccc(C2CCN(C(=O)c3ccc(C4CCC4)c(-c4nc5c([nH]4)CN(C(=O)O)CC5)c3)CC2)cc1. The van der Waals surface area contributed by atoms with Crippen LogP contribution in [0, 0.1) is 11.3 Å². The quantitative estimate of drug-likeness (QED) is 0.497. The Morgan fingerprint density at radius 3 is 2.39 bits per heavy atom. The summed E-state index contributed by atoms with van der Waals surface area (Å²) in [5.41, 5.74) is 6.50. The van der Waals surface area contributed by atoms with Gasteiger partial charge in [-0.2, -0.15) is 5.26 Å². The van der Waals surface area contributed by atoms with E-state index in [2.05, 4.69) is 17.1 Å². The van der Waals surface area contributed by atoms with Crippen molar-refractivity contribution >= 4 is 12.0 Å². The van der Waals surface area contributed by atoms with Crippen molar-refractivity contribution in [2.45, 2.75) is 56.9 Å². The van der Waals surface area contributed by atoms with Crippen molar-refractivity contribution in [1.82, 2.24) is 19.8 Å². The number of nitrogens with zero attached hydrogens (tertiary/aromatic N) is 4. The summed E-state index contributed by atoms with van der Waals surface area (Å²) >= 11 is 0. The molecule has 1 aliphatic carbocycles. The first kappa shape index (κ1) is 24.2. The first-order valence-corrected chi connectivity index (χ1v) is 13.5. The van der Waals surface area contributed by atoms with E-state index in [0.717, 1.165) is 48.5 Å². The number of hydrogen-bond donors (Lipinski definition) is 2. The Hall–Kier alpha value is -4.12. The molecule has 0 radical (unpaired) electrons. The van der Waals surface area contributed by atoms with Crippen molar-refractivity contribution in [3.05, 3.63) is 76.1 Å². The minimum Gasteiger partial charge on any atom is -0.465 e. The fourth-order valence-electron chi connectivity index (χ4n) is 5.98. The molecule has 38 heavy (non-hydrogen) atoms. The molecule has 2 N–H and O–H groups in total. The minimum absolute atomic E-state index is 0.0399. The predicted octanol–water partition coefficient (Wildman–Crippen LogP) is 5.27. The highest BCUT2D eigenvalue weighted by atomic mass is 16.4. The van der Waals surface area contributed by atoms with Crippen LogP contribution in [-0.2, 0) is 13.0 Å². The number of imidazole rings is 1. The van der Waals surface area contributed by atoms with Crippen molar-refractivity contribution in [1.29, 1.82) is 5.26 Å². The van der Waals surface area contributed by atoms with Gasteiger partial charge in [-0.3, -0.25) is 4.79 Å². The maximum Gasteiger partial charge on any atom is 0.407 e. The molecule has 6 rings (SSSR count). The average molecular weight is 510 g/mol. The molecule has 0 unspecified atom stereocenters. The third-order valence-corrected chi connectivity index (χ3v) is 8.50. The molecule has 8 heteroatoms. The van der Waals surface area contributed by atoms with Gasteiger partial charge in [0.2, 0.25) is 0 Å². The van der Waals surface area contributed by atoms with Crippen molar-refractivity contribution in [2.75, 3.05) is 19.6 Å². The highest BCUT2D eigenvalue weighted by molar-refractivity contribution is 5.95. The first-order chi connectivity index (χ1) is 18.5. The van der Waals surface area contributed by atoms with Gasteiger partial charge >= 0.3 is 6.09 Å². The van der Waals surface area contributed by atoms with Crippen LogP contribution in [0.4, 0.5) is 4.79 Å². The first-order valence-electron chi connectivity index (χ1n) is 13.5. The Morgan fingerprint density at radius 2 is 1.74 bits per heavy atom. The molecule has 2 fully saturated rings. The van der Waals surface area contributed by atoms with Gasteiger partial charge in [0.05, 0.1) is 29.6 Å². The number of hydrogen-bond acceptors (Lipinski definition) is 4. The number of fused-ring (bicyclic) bond motifs is 1. The van der Waals surface area contributed by atoms with E-state index in [0.29, 0.717) is 55.6 Å². The fraction of sp³-hybridized carbons (Fsp3) is 0.400. The zero-order valence-corrected chi connectivity index (χ0v) is 21.3. The van der Waals surface area contributed by atoms with E-state index in [1.807, 2.05) is 41.3 Å². The summed E-state index contributed by atoms with van der Waals surface area (Å²) < 4.78 is 0. The van der Waals surface area contributed by atoms with Crippen LogP contribution in [0.3, 0.4) is 0 Å². The van der Waals surface area contributed by atoms with Gasteiger partial charge in [0, 0.05) is 37.2 Å². The van der Waals surface area contributed by atoms with Gasteiger partial charge in [0.1, 0.15) is 5.82 Å². The number of likely N-dealkylation sites (tertiary alicyclic amines) is 1. The van der Waals surface area contributed by atoms with Gasteiger partial charge in [-0.1, -0.05) is 24.6 Å². The van der Waals surface area contributed by atoms with Crippen LogP contribution in [0.2, 0.25) is 0 Å². The topological polar surface area (TPSA) is 113 Å². The summed E-state index contributed by atoms with van der Waals surface area (Å²) in [6.07, 6.45) is 4.95. The Balaban J connectivity index is 1.22. The average Bonchev–Trinajstić information content (AvgIpc) is 3.35. The Kier molecular flexibility index (Phi) is 6.36. The summed E-state index contributed by atoms with van der Waals surface area (Å²) in [7, 11) is 0. The minimum atomic E-state index is -0.919. The van der Waals surface area contributed by atoms with Gasteiger partial charge in [0.15, 0.2) is 0 Å². The van der Waals surface area contributed by atoms with Gasteiger partial charge in [-0.05, 0) is 72.9 Å². The number of aromatic nitrogens is 2. The van der Waals surface area contributed by atoms with Gasteiger partial charge in [0.25, 0.3) is 5.91 Å². The number of aromatic amines is 1. The zero-order chi connectivity index (χ0) is 26.2. The number of amides is 2. The van der Waals surface area contributed by atoms with E-state index in [1.165, 1.54) is 22.4 Å². The van der Waals surface area contributed by atoms with Crippen LogP contribution >= 0.6 is 0 Å². The second-order valence-corrected chi connectivity index (χ2v) is 10.7. The largest absolute Gasteiger partial charge is 0.465 e. The number of H-pyrrole nitrogens is 1. The molecule has 2 amide bonds. The highest BCUT2D eigenvalue weighted by Crippen LogP contribution is 2.41. The third kappa shape index (κ3) is 4.53. The van der Waals surface area contributed by atoms with Crippen molar-refractivity contribution < 1.29 is 14.7 Å². The van der Waals surface area contributed by atoms with Crippen molar-refractivity contribution in [3.63, 3.8) is 0 Å². The van der Waals surface area contributed by atoms with Crippen LogP contribution in [-0.4, -0.2) is 56.5 Å². The molecule has 3 aliphatic rings. The maximum absolute atomic E-state index is 13.6. The lowest BCUT2D eigenvalue weighted by Gasteiger charge is -2.33. The van der Waals surface area contributed by atoms with Gasteiger partial charge in [-0.25, -0.2) is 9.78 Å². The van der Waals surface area contributed by atoms with E-state index >= 15 is 0 Å². The summed E-state index contributed by atoms with van der Waals surface area (Å²) in [6.45, 7) is 2.15. The predicted molar refractivity (Wildman–Crippen MR) is 142 cm³/mol. The number of carboxylic acid groups (broad SMARTS) is 1. The fourth-order valence-corrected chi connectivity index (χ4v) is 5.98. The molecule has 1 saturated heterocycles. The van der Waals surface area contributed by atoms with E-state index in [9.17, 15) is 14.7 Å². The second-order valence-electron chi connectivity index (χ2n) is 10.7. The van der Waals surface area contributed by atoms with Crippen LogP contribution in [0.5, 0.6) is 0 Å². The summed E-state index contributed by atoms with van der Waals surface area (Å²) in [5, 5.41) is 18.5. The molecule has 0 atom stereocenters. The molecule has 0 spiro atoms. The monoisotopic (exact) mass is 509 g/mol. The number of carbonyl (C=O) groups is 2. The highest BCUT2D eigenvalue weighted by Gasteiger charge is 2.29. The van der Waals surface area contributed by atoms with E-state index < -0.39 is 6.09 Å². The lowest BCUT2D eigenvalue weighted by Crippen LogP contribution is -2.38. The van der Waals surface area contributed by atoms with E-state index in [-0.39, 0.29) is 5.91 Å². The molecule has 0 bridgehead atoms. The van der Waals surface area contributed by atoms with Gasteiger partial charge < -0.3 is 19.9 Å². The maximum atomic E-state index is 13.6. The smallest absolute Gasteiger partial charge is 0.407 e. The van der Waals surface area contributed by atoms with Crippen LogP contribution in [0.15, 0.2) is 42.5 Å². The number of piperidine rings is 1. The molecular formula is C30H31N5O3. The zero-order valence-electron chi connectivity index (χ0n) is 21.3. The Labute approximate surface area is 221 Å². The van der Waals surface area contributed by atoms with E-state index in [1.54, 1.807) is 0 Å². The standard InChI is InChI=1S/C30H31N5O3/c31-17-19-4-6-20(7-5-19)21-10-13-34(14-11-21)29(36)23-8-9-24(22-2-1-3-22)25(16-23)28-32-26-12-15-35(30(37)38)18-27(26)33-28/h4-9,16,21-22H,1-3,10-15,18H2,(H,32,33)(H,37,38). The molecule has 1 saturated carbocycles.